The molecule has 0 atom stereocenters. The molecule has 2 aliphatic rings. The van der Waals surface area contributed by atoms with E-state index < -0.39 is 45.8 Å². The molecule has 0 saturated carbocycles. The van der Waals surface area contributed by atoms with Crippen LogP contribution in [-0.2, 0) is 25.8 Å². The third-order valence-electron chi connectivity index (χ3n) is 4.58. The van der Waals surface area contributed by atoms with E-state index in [-0.39, 0.29) is 30.3 Å². The van der Waals surface area contributed by atoms with Gasteiger partial charge >= 0.3 is 6.18 Å². The lowest BCUT2D eigenvalue weighted by Gasteiger charge is -2.28. The molecule has 1 aromatic carbocycles. The quantitative estimate of drug-likeness (QED) is 0.731. The van der Waals surface area contributed by atoms with Gasteiger partial charge in [0.25, 0.3) is 15.9 Å². The predicted octanol–water partition coefficient (Wildman–Crippen LogP) is 1.99. The number of rotatable bonds is 5. The van der Waals surface area contributed by atoms with Gasteiger partial charge in [-0.3, -0.25) is 9.59 Å². The summed E-state index contributed by atoms with van der Waals surface area (Å²) in [7, 11) is -3.53. The number of likely N-dealkylation sites (N-methyl/N-ethyl adjacent to an activating group) is 1. The maximum Gasteiger partial charge on any atom is 0.418 e. The Bertz CT molecular complexity index is 1090. The summed E-state index contributed by atoms with van der Waals surface area (Å²) < 4.78 is 66.1. The van der Waals surface area contributed by atoms with E-state index in [9.17, 15) is 31.2 Å². The molecule has 0 fully saturated rings. The van der Waals surface area contributed by atoms with E-state index in [0.717, 1.165) is 12.1 Å². The molecule has 0 spiro atoms. The lowest BCUT2D eigenvalue weighted by molar-refractivity contribution is -0.137. The van der Waals surface area contributed by atoms with Crippen molar-refractivity contribution >= 4 is 33.4 Å². The van der Waals surface area contributed by atoms with Crippen LogP contribution in [0.5, 0.6) is 0 Å². The monoisotopic (exact) mass is 456 g/mol. The Hall–Kier alpha value is -3.15. The van der Waals surface area contributed by atoms with Crippen molar-refractivity contribution in [2.24, 2.45) is 4.40 Å². The van der Waals surface area contributed by atoms with E-state index in [1.54, 1.807) is 6.92 Å². The number of nitrogens with one attached hydrogen (secondary N) is 1. The number of halogens is 3. The largest absolute Gasteiger partial charge is 0.418 e. The fraction of sp³-hybridized carbons (Fsp3) is 0.316. The Kier molecular flexibility index (Phi) is 6.20. The Balaban J connectivity index is 1.71. The van der Waals surface area contributed by atoms with E-state index in [2.05, 4.69) is 9.71 Å². The molecule has 1 aromatic rings. The minimum absolute atomic E-state index is 0.128. The number of anilines is 1. The van der Waals surface area contributed by atoms with Gasteiger partial charge in [-0.15, -0.1) is 4.40 Å². The number of amidine groups is 1. The summed E-state index contributed by atoms with van der Waals surface area (Å²) in [5.74, 6) is -1.31. The molecule has 2 amide bonds. The van der Waals surface area contributed by atoms with E-state index in [4.69, 9.17) is 0 Å². The number of alkyl halides is 3. The number of para-hydroxylation sites is 1. The Labute approximate surface area is 176 Å². The summed E-state index contributed by atoms with van der Waals surface area (Å²) in [5, 5.41) is 2.21. The number of carbonyl (C=O) groups excluding carboxylic acids is 2. The number of fused-ring (bicyclic) bond motifs is 1. The summed E-state index contributed by atoms with van der Waals surface area (Å²) in [4.78, 5) is 27.8. The van der Waals surface area contributed by atoms with Crippen LogP contribution in [0.25, 0.3) is 0 Å². The van der Waals surface area contributed by atoms with Crippen LogP contribution in [0.4, 0.5) is 18.9 Å². The zero-order valence-electron chi connectivity index (χ0n) is 16.4. The van der Waals surface area contributed by atoms with Crippen LogP contribution in [0.1, 0.15) is 12.5 Å². The molecule has 3 rings (SSSR count). The van der Waals surface area contributed by atoms with Gasteiger partial charge in [-0.05, 0) is 31.2 Å². The van der Waals surface area contributed by atoms with Gasteiger partial charge in [0, 0.05) is 19.3 Å². The highest BCUT2D eigenvalue weighted by Crippen LogP contribution is 2.34. The molecule has 8 nitrogen and oxygen atoms in total. The van der Waals surface area contributed by atoms with Gasteiger partial charge in [0.15, 0.2) is 0 Å². The van der Waals surface area contributed by atoms with E-state index in [1.807, 2.05) is 0 Å². The lowest BCUT2D eigenvalue weighted by Crippen LogP contribution is -2.41. The third kappa shape index (κ3) is 5.32. The minimum Gasteiger partial charge on any atom is -0.330 e. The van der Waals surface area contributed by atoms with Crippen molar-refractivity contribution in [2.45, 2.75) is 13.1 Å². The summed E-state index contributed by atoms with van der Waals surface area (Å²) in [6, 6.07) is 4.57. The van der Waals surface area contributed by atoms with Crippen molar-refractivity contribution in [3.63, 3.8) is 0 Å². The number of sulfonamides is 1. The first kappa shape index (κ1) is 22.5. The second-order valence-corrected chi connectivity index (χ2v) is 8.51. The smallest absolute Gasteiger partial charge is 0.330 e. The van der Waals surface area contributed by atoms with Gasteiger partial charge in [0.1, 0.15) is 12.4 Å². The molecule has 0 radical (unpaired) electrons. The summed E-state index contributed by atoms with van der Waals surface area (Å²) >= 11 is 0. The van der Waals surface area contributed by atoms with Crippen molar-refractivity contribution in [1.29, 1.82) is 0 Å². The van der Waals surface area contributed by atoms with Gasteiger partial charge in [-0.1, -0.05) is 12.1 Å². The fourth-order valence-corrected chi connectivity index (χ4v) is 4.01. The molecule has 0 saturated heterocycles. The topological polar surface area (TPSA) is 99.1 Å². The van der Waals surface area contributed by atoms with Gasteiger partial charge in [-0.25, -0.2) is 8.42 Å². The Morgan fingerprint density at radius 2 is 1.94 bits per heavy atom. The molecule has 0 bridgehead atoms. The molecule has 2 aliphatic heterocycles. The first-order chi connectivity index (χ1) is 14.5. The first-order valence-electron chi connectivity index (χ1n) is 9.24. The number of nitrogens with zero attached hydrogens (tertiary/aromatic N) is 3. The number of carbonyl (C=O) groups is 2. The highest BCUT2D eigenvalue weighted by molar-refractivity contribution is 7.90. The van der Waals surface area contributed by atoms with Crippen LogP contribution in [0, 0.1) is 0 Å². The van der Waals surface area contributed by atoms with Gasteiger partial charge in [0.2, 0.25) is 5.91 Å². The zero-order chi connectivity index (χ0) is 22.8. The van der Waals surface area contributed by atoms with Gasteiger partial charge in [-0.2, -0.15) is 13.2 Å². The second-order valence-electron chi connectivity index (χ2n) is 6.76. The van der Waals surface area contributed by atoms with Crippen LogP contribution in [0.15, 0.2) is 52.6 Å². The van der Waals surface area contributed by atoms with Crippen molar-refractivity contribution in [2.75, 3.05) is 30.7 Å². The Morgan fingerprint density at radius 3 is 2.61 bits per heavy atom. The van der Waals surface area contributed by atoms with E-state index in [1.165, 1.54) is 40.3 Å². The average Bonchev–Trinajstić information content (AvgIpc) is 2.70. The zero-order valence-corrected chi connectivity index (χ0v) is 17.2. The SMILES string of the molecule is CCN(CC(=O)Nc1ccccc1C(F)(F)F)C(=O)C1=CN2CCS(=O)(=O)N=C2C=C1. The molecule has 0 unspecified atom stereocenters. The molecule has 2 heterocycles. The highest BCUT2D eigenvalue weighted by atomic mass is 32.2. The number of hydrogen-bond donors (Lipinski definition) is 1. The lowest BCUT2D eigenvalue weighted by atomic mass is 10.1. The second kappa shape index (κ2) is 8.53. The van der Waals surface area contributed by atoms with E-state index in [0.29, 0.717) is 0 Å². The van der Waals surface area contributed by atoms with Crippen molar-refractivity contribution in [3.8, 4) is 0 Å². The van der Waals surface area contributed by atoms with Crippen LogP contribution in [0.2, 0.25) is 0 Å². The molecule has 31 heavy (non-hydrogen) atoms. The van der Waals surface area contributed by atoms with Gasteiger partial charge < -0.3 is 15.1 Å². The Morgan fingerprint density at radius 1 is 1.23 bits per heavy atom. The molecule has 1 N–H and O–H groups in total. The molecule has 0 aromatic heterocycles. The predicted molar refractivity (Wildman–Crippen MR) is 107 cm³/mol. The molecule has 0 aliphatic carbocycles. The summed E-state index contributed by atoms with van der Waals surface area (Å²) in [6.45, 7) is 1.43. The number of hydrogen-bond acceptors (Lipinski definition) is 5. The minimum atomic E-state index is -4.64. The molecule has 166 valence electrons. The maximum absolute atomic E-state index is 13.1. The summed E-state index contributed by atoms with van der Waals surface area (Å²) in [5.41, 5.74) is -1.18. The third-order valence-corrected chi connectivity index (χ3v) is 5.74. The van der Waals surface area contributed by atoms with Crippen molar-refractivity contribution in [3.05, 3.63) is 53.8 Å². The first-order valence-corrected chi connectivity index (χ1v) is 10.9. The standard InChI is InChI=1S/C19H19F3N4O4S/c1-2-25(12-17(27)23-15-6-4-3-5-14(15)19(20,21)22)18(28)13-7-8-16-24-31(29,30)10-9-26(16)11-13/h3-8,11H,2,9-10,12H2,1H3,(H,23,27). The van der Waals surface area contributed by atoms with E-state index >= 15 is 0 Å². The fourth-order valence-electron chi connectivity index (χ4n) is 3.04. The average molecular weight is 456 g/mol. The molecular weight excluding hydrogens is 437 g/mol. The van der Waals surface area contributed by atoms with Crippen LogP contribution in [-0.4, -0.2) is 61.3 Å². The van der Waals surface area contributed by atoms with Crippen LogP contribution >= 0.6 is 0 Å². The number of benzene rings is 1. The summed E-state index contributed by atoms with van der Waals surface area (Å²) in [6.07, 6.45) is -0.423. The number of amides is 2. The molecular formula is C19H19F3N4O4S. The highest BCUT2D eigenvalue weighted by Gasteiger charge is 2.34. The van der Waals surface area contributed by atoms with Gasteiger partial charge in [0.05, 0.1) is 22.6 Å². The normalized spacial score (nSPS) is 17.4. The van der Waals surface area contributed by atoms with Crippen LogP contribution in [0.3, 0.4) is 0 Å². The molecule has 12 heteroatoms. The van der Waals surface area contributed by atoms with Crippen molar-refractivity contribution < 1.29 is 31.2 Å². The van der Waals surface area contributed by atoms with Crippen molar-refractivity contribution in [1.82, 2.24) is 9.80 Å². The van der Waals surface area contributed by atoms with Crippen LogP contribution < -0.4 is 5.32 Å². The maximum atomic E-state index is 13.1.